The number of halogens is 15. The predicted molar refractivity (Wildman–Crippen MR) is 152 cm³/mol. The first-order valence-corrected chi connectivity index (χ1v) is 15.4. The number of hydrogen-bond acceptors (Lipinski definition) is 6. The van der Waals surface area contributed by atoms with Gasteiger partial charge in [0.05, 0.1) is 23.4 Å². The van der Waals surface area contributed by atoms with Crippen LogP contribution in [0.5, 0.6) is 0 Å². The van der Waals surface area contributed by atoms with Crippen LogP contribution in [0.4, 0.5) is 61.5 Å². The molecule has 0 fully saturated rings. The van der Waals surface area contributed by atoms with Gasteiger partial charge in [-0.05, 0) is 22.8 Å². The van der Waals surface area contributed by atoms with E-state index in [1.54, 1.807) is 0 Å². The Bertz CT molecular complexity index is 2060. The van der Waals surface area contributed by atoms with Crippen molar-refractivity contribution in [3.05, 3.63) is 76.8 Å². The zero-order valence-electron chi connectivity index (χ0n) is 25.2. The molecule has 7 nitrogen and oxygen atoms in total. The molecule has 0 spiro atoms. The van der Waals surface area contributed by atoms with Gasteiger partial charge in [-0.3, -0.25) is 23.7 Å². The van der Waals surface area contributed by atoms with E-state index < -0.39 is 114 Å². The van der Waals surface area contributed by atoms with Gasteiger partial charge in [-0.1, -0.05) is 66.2 Å². The van der Waals surface area contributed by atoms with Crippen molar-refractivity contribution in [3.8, 4) is 22.3 Å². The van der Waals surface area contributed by atoms with Gasteiger partial charge in [0, 0.05) is 11.1 Å². The Balaban J connectivity index is 2.17. The molecule has 3 rings (SSSR count). The van der Waals surface area contributed by atoms with Crippen molar-refractivity contribution >= 4 is 44.9 Å². The van der Waals surface area contributed by atoms with E-state index in [2.05, 4.69) is 0 Å². The lowest BCUT2D eigenvalue weighted by atomic mass is 9.89. The summed E-state index contributed by atoms with van der Waals surface area (Å²) in [5.74, 6) is -37.2. The fourth-order valence-electron chi connectivity index (χ4n) is 4.51. The first kappa shape index (κ1) is 43.0. The Kier molecular flexibility index (Phi) is 11.4. The van der Waals surface area contributed by atoms with Crippen LogP contribution in [0, 0.1) is 0 Å². The fraction of sp³-hybridized carbons (Fsp3) is 0.267. The van der Waals surface area contributed by atoms with Crippen molar-refractivity contribution in [1.82, 2.24) is 0 Å². The van der Waals surface area contributed by atoms with E-state index in [4.69, 9.17) is 11.6 Å². The molecule has 0 unspecified atom stereocenters. The average Bonchev–Trinajstić information content (AvgIpc) is 3.02. The summed E-state index contributed by atoms with van der Waals surface area (Å²) in [7, 11) is -5.84. The lowest BCUT2D eigenvalue weighted by molar-refractivity contribution is -0.343. The molecule has 0 heterocycles. The van der Waals surface area contributed by atoms with Crippen LogP contribution in [0.25, 0.3) is 22.3 Å². The average molecular weight is 821 g/mol. The number of hydrogen-bond donors (Lipinski definition) is 1. The molecule has 0 aromatic heterocycles. The fourth-order valence-corrected chi connectivity index (χ4v) is 5.84. The predicted octanol–water partition coefficient (Wildman–Crippen LogP) is 8.87. The molecule has 23 heteroatoms. The minimum absolute atomic E-state index is 0.292. The Morgan fingerprint density at radius 2 is 1.02 bits per heavy atom. The number of Topliss-reactive ketones (excluding diaryl/α,β-unsaturated/α-hetero) is 4. The second-order valence-corrected chi connectivity index (χ2v) is 12.5. The Morgan fingerprint density at radius 3 is 1.42 bits per heavy atom. The van der Waals surface area contributed by atoms with Gasteiger partial charge in [-0.15, -0.1) is 0 Å². The van der Waals surface area contributed by atoms with E-state index in [9.17, 15) is 93.6 Å². The van der Waals surface area contributed by atoms with Gasteiger partial charge in [0.25, 0.3) is 10.1 Å². The standard InChI is InChI=1S/C30H15ClF14O7S/c31-17-10-16(13-6-8-14(9-7-13)18(46)11-20(48)25(32,33)27(36,37)29(40,41)42)22(15-4-2-1-3-5-15)24(53(50,51)52)23(17)19(47)12-21(49)26(34,35)28(38,39)30(43,44)45/h1-10H,11-12H2,(H,50,51,52). The van der Waals surface area contributed by atoms with Gasteiger partial charge in [-0.2, -0.15) is 69.9 Å². The molecule has 288 valence electrons. The molecule has 0 amide bonds. The minimum Gasteiger partial charge on any atom is -0.294 e. The molecule has 1 N–H and O–H groups in total. The zero-order chi connectivity index (χ0) is 40.9. The molecule has 0 bridgehead atoms. The van der Waals surface area contributed by atoms with Gasteiger partial charge in [0.2, 0.25) is 11.6 Å². The summed E-state index contributed by atoms with van der Waals surface area (Å²) in [5.41, 5.74) is -4.21. The van der Waals surface area contributed by atoms with Crippen molar-refractivity contribution in [1.29, 1.82) is 0 Å². The molecule has 0 aliphatic carbocycles. The molecular formula is C30H15ClF14O7S. The van der Waals surface area contributed by atoms with Gasteiger partial charge in [-0.25, -0.2) is 0 Å². The third-order valence-electron chi connectivity index (χ3n) is 7.19. The molecular weight excluding hydrogens is 806 g/mol. The number of rotatable bonds is 13. The number of benzene rings is 3. The second-order valence-electron chi connectivity index (χ2n) is 10.7. The normalized spacial score (nSPS) is 13.5. The van der Waals surface area contributed by atoms with Gasteiger partial charge in [0.1, 0.15) is 4.90 Å². The van der Waals surface area contributed by atoms with Crippen molar-refractivity contribution in [2.45, 2.75) is 53.8 Å². The zero-order valence-corrected chi connectivity index (χ0v) is 26.7. The largest absolute Gasteiger partial charge is 0.460 e. The van der Waals surface area contributed by atoms with Crippen molar-refractivity contribution in [2.24, 2.45) is 0 Å². The summed E-state index contributed by atoms with van der Waals surface area (Å²) in [4.78, 5) is 47.5. The van der Waals surface area contributed by atoms with Gasteiger partial charge >= 0.3 is 36.0 Å². The Labute approximate surface area is 291 Å². The van der Waals surface area contributed by atoms with Gasteiger partial charge < -0.3 is 0 Å². The van der Waals surface area contributed by atoms with Crippen LogP contribution in [0.2, 0.25) is 5.02 Å². The van der Waals surface area contributed by atoms with Crippen LogP contribution >= 0.6 is 11.6 Å². The summed E-state index contributed by atoms with van der Waals surface area (Å²) in [5, 5.41) is -1.16. The molecule has 3 aromatic carbocycles. The third-order valence-corrected chi connectivity index (χ3v) is 8.42. The highest BCUT2D eigenvalue weighted by Crippen LogP contribution is 2.49. The number of ketones is 4. The van der Waals surface area contributed by atoms with Crippen molar-refractivity contribution in [2.75, 3.05) is 0 Å². The molecule has 0 saturated heterocycles. The molecule has 0 aliphatic rings. The minimum atomic E-state index is -7.01. The quantitative estimate of drug-likeness (QED) is 0.0792. The van der Waals surface area contributed by atoms with Crippen LogP contribution < -0.4 is 0 Å². The molecule has 0 radical (unpaired) electrons. The second kappa shape index (κ2) is 14.1. The highest BCUT2D eigenvalue weighted by atomic mass is 35.5. The molecule has 53 heavy (non-hydrogen) atoms. The summed E-state index contributed by atoms with van der Waals surface area (Å²) in [6.07, 6.45) is -18.6. The first-order valence-electron chi connectivity index (χ1n) is 13.6. The van der Waals surface area contributed by atoms with E-state index >= 15 is 0 Å². The van der Waals surface area contributed by atoms with E-state index in [-0.39, 0.29) is 11.1 Å². The highest BCUT2D eigenvalue weighted by Gasteiger charge is 2.76. The molecule has 3 aromatic rings. The maximum atomic E-state index is 14.0. The van der Waals surface area contributed by atoms with Crippen LogP contribution in [0.3, 0.4) is 0 Å². The third kappa shape index (κ3) is 7.93. The number of carbonyl (C=O) groups excluding carboxylic acids is 4. The summed E-state index contributed by atoms with van der Waals surface area (Å²) in [6, 6.07) is 9.47. The number of carbonyl (C=O) groups is 4. The topological polar surface area (TPSA) is 123 Å². The lowest BCUT2D eigenvalue weighted by Crippen LogP contribution is -2.56. The van der Waals surface area contributed by atoms with E-state index in [0.717, 1.165) is 24.3 Å². The Hall–Kier alpha value is -4.44. The Morgan fingerprint density at radius 1 is 0.604 bits per heavy atom. The maximum Gasteiger partial charge on any atom is 0.460 e. The lowest BCUT2D eigenvalue weighted by Gasteiger charge is -2.27. The summed E-state index contributed by atoms with van der Waals surface area (Å²) < 4.78 is 220. The SMILES string of the molecule is O=C(CC(=O)C(F)(F)C(F)(F)C(F)(F)F)c1ccc(-c2cc(Cl)c(C(=O)CC(=O)C(F)(F)C(F)(F)C(F)(F)F)c(S(=O)(=O)O)c2-c2ccccc2)cc1. The van der Waals surface area contributed by atoms with Crippen LogP contribution in [0.1, 0.15) is 33.6 Å². The van der Waals surface area contributed by atoms with E-state index in [1.165, 1.54) is 18.2 Å². The van der Waals surface area contributed by atoms with Crippen LogP contribution in [-0.2, 0) is 19.7 Å². The van der Waals surface area contributed by atoms with Gasteiger partial charge in [0.15, 0.2) is 11.6 Å². The smallest absolute Gasteiger partial charge is 0.294 e. The summed E-state index contributed by atoms with van der Waals surface area (Å²) >= 11 is 6.03. The number of alkyl halides is 14. The maximum absolute atomic E-state index is 14.0. The van der Waals surface area contributed by atoms with Crippen molar-refractivity contribution < 1.29 is 93.6 Å². The van der Waals surface area contributed by atoms with E-state index in [0.29, 0.717) is 18.2 Å². The van der Waals surface area contributed by atoms with Crippen LogP contribution in [-0.4, -0.2) is 72.1 Å². The first-order chi connectivity index (χ1) is 23.8. The monoisotopic (exact) mass is 820 g/mol. The molecule has 0 aliphatic heterocycles. The highest BCUT2D eigenvalue weighted by molar-refractivity contribution is 7.86. The summed E-state index contributed by atoms with van der Waals surface area (Å²) in [6.45, 7) is 0. The molecule has 0 atom stereocenters. The van der Waals surface area contributed by atoms with Crippen molar-refractivity contribution in [3.63, 3.8) is 0 Å². The van der Waals surface area contributed by atoms with E-state index in [1.807, 2.05) is 0 Å². The molecule has 0 saturated carbocycles. The van der Waals surface area contributed by atoms with Crippen LogP contribution in [0.15, 0.2) is 65.6 Å².